The molecule has 0 spiro atoms. The van der Waals surface area contributed by atoms with Gasteiger partial charge in [0.15, 0.2) is 0 Å². The number of aromatic carboxylic acids is 1. The summed E-state index contributed by atoms with van der Waals surface area (Å²) in [5.74, 6) is -1.36. The zero-order chi connectivity index (χ0) is 12.7. The summed E-state index contributed by atoms with van der Waals surface area (Å²) in [5, 5.41) is 8.82. The maximum Gasteiger partial charge on any atom is 0.431 e. The summed E-state index contributed by atoms with van der Waals surface area (Å²) in [4.78, 5) is 13.0. The van der Waals surface area contributed by atoms with E-state index >= 15 is 0 Å². The van der Waals surface area contributed by atoms with Crippen LogP contribution in [-0.4, -0.2) is 16.1 Å². The number of alkyl halides is 3. The van der Waals surface area contributed by atoms with Crippen molar-refractivity contribution in [1.82, 2.24) is 4.98 Å². The number of aromatic amines is 1. The van der Waals surface area contributed by atoms with Crippen molar-refractivity contribution in [2.75, 3.05) is 0 Å². The van der Waals surface area contributed by atoms with Gasteiger partial charge in [0.25, 0.3) is 0 Å². The number of hydrogen-bond donors (Lipinski definition) is 2. The standard InChI is InChI=1S/C10H12F3NO2/c1-9(2,3)7-5(8(15)16)4-6(14-7)10(11,12)13/h4,14H,1-3H3,(H,15,16). The molecule has 1 rings (SSSR count). The summed E-state index contributed by atoms with van der Waals surface area (Å²) in [5.41, 5.74) is -1.97. The minimum absolute atomic E-state index is 0.0762. The predicted octanol–water partition coefficient (Wildman–Crippen LogP) is 3.03. The van der Waals surface area contributed by atoms with Crippen molar-refractivity contribution in [2.45, 2.75) is 32.4 Å². The molecule has 0 amide bonds. The van der Waals surface area contributed by atoms with Crippen LogP contribution in [0, 0.1) is 0 Å². The van der Waals surface area contributed by atoms with Gasteiger partial charge < -0.3 is 10.1 Å². The molecule has 0 aromatic carbocycles. The van der Waals surface area contributed by atoms with Gasteiger partial charge in [-0.1, -0.05) is 20.8 Å². The van der Waals surface area contributed by atoms with Crippen molar-refractivity contribution in [3.63, 3.8) is 0 Å². The highest BCUT2D eigenvalue weighted by molar-refractivity contribution is 5.89. The third-order valence-corrected chi connectivity index (χ3v) is 2.10. The van der Waals surface area contributed by atoms with Crippen LogP contribution in [0.1, 0.15) is 42.5 Å². The average Bonchev–Trinajstić information content (AvgIpc) is 2.44. The van der Waals surface area contributed by atoms with E-state index in [9.17, 15) is 18.0 Å². The van der Waals surface area contributed by atoms with Crippen molar-refractivity contribution in [3.05, 3.63) is 23.0 Å². The van der Waals surface area contributed by atoms with Crippen LogP contribution in [0.25, 0.3) is 0 Å². The molecule has 0 saturated carbocycles. The molecule has 0 saturated heterocycles. The monoisotopic (exact) mass is 235 g/mol. The predicted molar refractivity (Wildman–Crippen MR) is 51.5 cm³/mol. The number of hydrogen-bond acceptors (Lipinski definition) is 1. The van der Waals surface area contributed by atoms with E-state index in [1.165, 1.54) is 0 Å². The summed E-state index contributed by atoms with van der Waals surface area (Å²) in [6.45, 7) is 4.93. The SMILES string of the molecule is CC(C)(C)c1[nH]c(C(F)(F)F)cc1C(=O)O. The molecule has 0 atom stereocenters. The topological polar surface area (TPSA) is 53.1 Å². The number of carboxylic acid groups (broad SMARTS) is 1. The molecule has 0 bridgehead atoms. The van der Waals surface area contributed by atoms with Crippen LogP contribution < -0.4 is 0 Å². The van der Waals surface area contributed by atoms with Gasteiger partial charge in [0.2, 0.25) is 0 Å². The number of nitrogens with one attached hydrogen (secondary N) is 1. The van der Waals surface area contributed by atoms with Gasteiger partial charge in [0.1, 0.15) is 5.69 Å². The lowest BCUT2D eigenvalue weighted by molar-refractivity contribution is -0.140. The van der Waals surface area contributed by atoms with Crippen molar-refractivity contribution in [2.24, 2.45) is 0 Å². The first-order valence-corrected chi connectivity index (χ1v) is 4.57. The zero-order valence-corrected chi connectivity index (χ0v) is 9.07. The van der Waals surface area contributed by atoms with Crippen molar-refractivity contribution in [3.8, 4) is 0 Å². The molecule has 0 radical (unpaired) electrons. The molecule has 6 heteroatoms. The minimum atomic E-state index is -4.56. The third kappa shape index (κ3) is 2.37. The van der Waals surface area contributed by atoms with Gasteiger partial charge in [-0.15, -0.1) is 0 Å². The molecule has 0 aliphatic carbocycles. The van der Waals surface area contributed by atoms with Crippen molar-refractivity contribution in [1.29, 1.82) is 0 Å². The maximum absolute atomic E-state index is 12.4. The lowest BCUT2D eigenvalue weighted by Crippen LogP contribution is -2.16. The molecule has 90 valence electrons. The Morgan fingerprint density at radius 2 is 1.81 bits per heavy atom. The molecule has 1 aromatic heterocycles. The molecule has 1 heterocycles. The number of H-pyrrole nitrogens is 1. The number of carboxylic acids is 1. The zero-order valence-electron chi connectivity index (χ0n) is 9.07. The maximum atomic E-state index is 12.4. The summed E-state index contributed by atoms with van der Waals surface area (Å²) in [7, 11) is 0. The van der Waals surface area contributed by atoms with E-state index in [0.29, 0.717) is 6.07 Å². The molecule has 1 aromatic rings. The van der Waals surface area contributed by atoms with Crippen LogP contribution in [0.5, 0.6) is 0 Å². The Bertz CT molecular complexity index is 413. The van der Waals surface area contributed by atoms with Crippen LogP contribution >= 0.6 is 0 Å². The second kappa shape index (κ2) is 3.54. The van der Waals surface area contributed by atoms with Gasteiger partial charge in [0.05, 0.1) is 5.56 Å². The van der Waals surface area contributed by atoms with E-state index in [0.717, 1.165) is 0 Å². The third-order valence-electron chi connectivity index (χ3n) is 2.10. The Kier molecular flexibility index (Phi) is 2.79. The highest BCUT2D eigenvalue weighted by Gasteiger charge is 2.36. The molecular weight excluding hydrogens is 223 g/mol. The second-order valence-electron chi connectivity index (χ2n) is 4.52. The van der Waals surface area contributed by atoms with Crippen LogP contribution in [-0.2, 0) is 11.6 Å². The molecule has 2 N–H and O–H groups in total. The van der Waals surface area contributed by atoms with Crippen LogP contribution in [0.4, 0.5) is 13.2 Å². The molecule has 0 aliphatic heterocycles. The van der Waals surface area contributed by atoms with Gasteiger partial charge in [-0.25, -0.2) is 4.79 Å². The second-order valence-corrected chi connectivity index (χ2v) is 4.52. The lowest BCUT2D eigenvalue weighted by Gasteiger charge is -2.18. The Balaban J connectivity index is 3.38. The minimum Gasteiger partial charge on any atom is -0.478 e. The quantitative estimate of drug-likeness (QED) is 0.786. The van der Waals surface area contributed by atoms with Crippen LogP contribution in [0.15, 0.2) is 6.07 Å². The van der Waals surface area contributed by atoms with E-state index in [-0.39, 0.29) is 11.3 Å². The lowest BCUT2D eigenvalue weighted by atomic mass is 9.90. The Morgan fingerprint density at radius 1 is 1.31 bits per heavy atom. The van der Waals surface area contributed by atoms with E-state index in [2.05, 4.69) is 4.98 Å². The van der Waals surface area contributed by atoms with Gasteiger partial charge in [0, 0.05) is 11.1 Å². The highest BCUT2D eigenvalue weighted by Crippen LogP contribution is 2.33. The van der Waals surface area contributed by atoms with Gasteiger partial charge in [-0.3, -0.25) is 0 Å². The van der Waals surface area contributed by atoms with Gasteiger partial charge in [-0.2, -0.15) is 13.2 Å². The van der Waals surface area contributed by atoms with Crippen LogP contribution in [0.3, 0.4) is 0 Å². The molecule has 0 unspecified atom stereocenters. The number of aromatic nitrogens is 1. The normalized spacial score (nSPS) is 12.9. The number of rotatable bonds is 1. The number of carbonyl (C=O) groups is 1. The summed E-state index contributed by atoms with van der Waals surface area (Å²) >= 11 is 0. The van der Waals surface area contributed by atoms with Crippen molar-refractivity contribution < 1.29 is 23.1 Å². The fourth-order valence-electron chi connectivity index (χ4n) is 1.37. The number of halogens is 3. The molecule has 16 heavy (non-hydrogen) atoms. The molecule has 0 aliphatic rings. The van der Waals surface area contributed by atoms with Gasteiger partial charge >= 0.3 is 12.1 Å². The Labute approximate surface area is 90.3 Å². The Hall–Kier alpha value is -1.46. The smallest absolute Gasteiger partial charge is 0.431 e. The highest BCUT2D eigenvalue weighted by atomic mass is 19.4. The summed E-state index contributed by atoms with van der Waals surface area (Å²) in [6.07, 6.45) is -4.56. The molecule has 3 nitrogen and oxygen atoms in total. The van der Waals surface area contributed by atoms with Gasteiger partial charge in [-0.05, 0) is 6.07 Å². The average molecular weight is 235 g/mol. The Morgan fingerprint density at radius 3 is 2.06 bits per heavy atom. The van der Waals surface area contributed by atoms with E-state index in [4.69, 9.17) is 5.11 Å². The first kappa shape index (κ1) is 12.6. The fraction of sp³-hybridized carbons (Fsp3) is 0.500. The first-order chi connectivity index (χ1) is 7.03. The first-order valence-electron chi connectivity index (χ1n) is 4.57. The summed E-state index contributed by atoms with van der Waals surface area (Å²) < 4.78 is 37.2. The van der Waals surface area contributed by atoms with E-state index < -0.39 is 23.3 Å². The van der Waals surface area contributed by atoms with E-state index in [1.807, 2.05) is 0 Å². The largest absolute Gasteiger partial charge is 0.478 e. The van der Waals surface area contributed by atoms with E-state index in [1.54, 1.807) is 20.8 Å². The molecular formula is C10H12F3NO2. The molecule has 0 fully saturated rings. The van der Waals surface area contributed by atoms with Crippen LogP contribution in [0.2, 0.25) is 0 Å². The van der Waals surface area contributed by atoms with Crippen molar-refractivity contribution >= 4 is 5.97 Å². The fourth-order valence-corrected chi connectivity index (χ4v) is 1.37. The summed E-state index contributed by atoms with van der Waals surface area (Å²) in [6, 6.07) is 0.628.